The maximum absolute atomic E-state index is 5.25. The Balaban J connectivity index is 3.61. The Morgan fingerprint density at radius 3 is 2.31 bits per heavy atom. The molecule has 1 N–H and O–H groups in total. The fourth-order valence-corrected chi connectivity index (χ4v) is 1.40. The van der Waals surface area contributed by atoms with Crippen molar-refractivity contribution in [3.05, 3.63) is 0 Å². The number of methoxy groups -OCH3 is 1. The van der Waals surface area contributed by atoms with Crippen LogP contribution in [0.2, 0.25) is 0 Å². The fraction of sp³-hybridized carbons (Fsp3) is 1.00. The Labute approximate surface area is 83.1 Å². The molecule has 0 aliphatic carbocycles. The highest BCUT2D eigenvalue weighted by Gasteiger charge is 2.13. The zero-order chi connectivity index (χ0) is 10.3. The van der Waals surface area contributed by atoms with Gasteiger partial charge in [-0.05, 0) is 39.2 Å². The van der Waals surface area contributed by atoms with Crippen molar-refractivity contribution in [1.29, 1.82) is 0 Å². The summed E-state index contributed by atoms with van der Waals surface area (Å²) >= 11 is 0. The molecule has 2 nitrogen and oxygen atoms in total. The van der Waals surface area contributed by atoms with Gasteiger partial charge in [-0.2, -0.15) is 0 Å². The van der Waals surface area contributed by atoms with Crippen molar-refractivity contribution in [3.8, 4) is 0 Å². The molecular weight excluding hydrogens is 162 g/mol. The molecule has 0 radical (unpaired) electrons. The number of hydrogen-bond acceptors (Lipinski definition) is 2. The third-order valence-electron chi connectivity index (χ3n) is 2.68. The summed E-state index contributed by atoms with van der Waals surface area (Å²) in [6.45, 7) is 9.98. The average molecular weight is 187 g/mol. The Hall–Kier alpha value is -0.0800. The molecule has 0 heterocycles. The van der Waals surface area contributed by atoms with Gasteiger partial charge in [0.2, 0.25) is 0 Å². The highest BCUT2D eigenvalue weighted by molar-refractivity contribution is 4.70. The van der Waals surface area contributed by atoms with Gasteiger partial charge < -0.3 is 10.1 Å². The van der Waals surface area contributed by atoms with E-state index in [1.165, 1.54) is 6.42 Å². The highest BCUT2D eigenvalue weighted by atomic mass is 16.5. The van der Waals surface area contributed by atoms with Crippen LogP contribution in [0.15, 0.2) is 0 Å². The molecule has 0 bridgehead atoms. The van der Waals surface area contributed by atoms with E-state index in [1.807, 2.05) is 0 Å². The predicted octanol–water partition coefficient (Wildman–Crippen LogP) is 2.44. The molecule has 13 heavy (non-hydrogen) atoms. The molecule has 0 aromatic carbocycles. The maximum Gasteiger partial charge on any atom is 0.0546 e. The largest absolute Gasteiger partial charge is 0.382 e. The fourth-order valence-electron chi connectivity index (χ4n) is 1.40. The molecule has 3 unspecified atom stereocenters. The highest BCUT2D eigenvalue weighted by Crippen LogP contribution is 2.12. The lowest BCUT2D eigenvalue weighted by molar-refractivity contribution is 0.0920. The van der Waals surface area contributed by atoms with E-state index in [9.17, 15) is 0 Å². The van der Waals surface area contributed by atoms with Crippen LogP contribution in [-0.2, 0) is 4.74 Å². The summed E-state index contributed by atoms with van der Waals surface area (Å²) in [4.78, 5) is 0. The second-order valence-corrected chi connectivity index (χ2v) is 4.00. The molecule has 0 fully saturated rings. The number of ether oxygens (including phenoxy) is 1. The summed E-state index contributed by atoms with van der Waals surface area (Å²) in [6, 6.07) is 0.595. The van der Waals surface area contributed by atoms with E-state index < -0.39 is 0 Å². The van der Waals surface area contributed by atoms with Crippen LogP contribution in [0.4, 0.5) is 0 Å². The SMILES string of the molecule is CCCNC(C)C(C)CC(C)OC. The first-order valence-electron chi connectivity index (χ1n) is 5.38. The van der Waals surface area contributed by atoms with Gasteiger partial charge in [0.1, 0.15) is 0 Å². The molecule has 0 saturated carbocycles. The first-order valence-corrected chi connectivity index (χ1v) is 5.38. The zero-order valence-electron chi connectivity index (χ0n) is 9.76. The summed E-state index contributed by atoms with van der Waals surface area (Å²) in [7, 11) is 1.78. The number of nitrogens with one attached hydrogen (secondary N) is 1. The van der Waals surface area contributed by atoms with Crippen LogP contribution >= 0.6 is 0 Å². The minimum atomic E-state index is 0.376. The zero-order valence-corrected chi connectivity index (χ0v) is 9.76. The third kappa shape index (κ3) is 6.05. The van der Waals surface area contributed by atoms with Crippen molar-refractivity contribution in [2.24, 2.45) is 5.92 Å². The molecule has 80 valence electrons. The minimum absolute atomic E-state index is 0.376. The second kappa shape index (κ2) is 7.34. The standard InChI is InChI=1S/C11H25NO/c1-6-7-12-11(4)9(2)8-10(3)13-5/h9-12H,6-8H2,1-5H3. The Morgan fingerprint density at radius 2 is 1.85 bits per heavy atom. The Kier molecular flexibility index (Phi) is 7.29. The molecule has 0 spiro atoms. The summed E-state index contributed by atoms with van der Waals surface area (Å²) < 4.78 is 5.25. The van der Waals surface area contributed by atoms with Crippen molar-refractivity contribution >= 4 is 0 Å². The van der Waals surface area contributed by atoms with E-state index in [-0.39, 0.29) is 0 Å². The topological polar surface area (TPSA) is 21.3 Å². The molecule has 2 heteroatoms. The number of hydrogen-bond donors (Lipinski definition) is 1. The van der Waals surface area contributed by atoms with Gasteiger partial charge in [0, 0.05) is 13.2 Å². The average Bonchev–Trinajstić information content (AvgIpc) is 2.13. The Morgan fingerprint density at radius 1 is 1.23 bits per heavy atom. The second-order valence-electron chi connectivity index (χ2n) is 4.00. The van der Waals surface area contributed by atoms with Gasteiger partial charge in [-0.25, -0.2) is 0 Å². The van der Waals surface area contributed by atoms with Crippen LogP contribution in [0, 0.1) is 5.92 Å². The quantitative estimate of drug-likeness (QED) is 0.661. The van der Waals surface area contributed by atoms with E-state index in [0.717, 1.165) is 13.0 Å². The minimum Gasteiger partial charge on any atom is -0.382 e. The lowest BCUT2D eigenvalue weighted by Gasteiger charge is -2.23. The van der Waals surface area contributed by atoms with Gasteiger partial charge in [0.15, 0.2) is 0 Å². The van der Waals surface area contributed by atoms with Crippen molar-refractivity contribution < 1.29 is 4.74 Å². The Bertz CT molecular complexity index is 117. The van der Waals surface area contributed by atoms with Crippen molar-refractivity contribution in [2.45, 2.75) is 52.7 Å². The van der Waals surface area contributed by atoms with E-state index in [2.05, 4.69) is 33.0 Å². The molecule has 3 atom stereocenters. The van der Waals surface area contributed by atoms with Crippen LogP contribution in [0.1, 0.15) is 40.5 Å². The first-order chi connectivity index (χ1) is 6.11. The summed E-state index contributed by atoms with van der Waals surface area (Å²) in [6.07, 6.45) is 2.71. The van der Waals surface area contributed by atoms with Crippen LogP contribution in [-0.4, -0.2) is 25.8 Å². The molecular formula is C11H25NO. The van der Waals surface area contributed by atoms with E-state index in [1.54, 1.807) is 7.11 Å². The van der Waals surface area contributed by atoms with Gasteiger partial charge in [-0.15, -0.1) is 0 Å². The molecule has 0 aliphatic heterocycles. The number of rotatable bonds is 7. The van der Waals surface area contributed by atoms with E-state index >= 15 is 0 Å². The van der Waals surface area contributed by atoms with E-state index in [4.69, 9.17) is 4.74 Å². The lowest BCUT2D eigenvalue weighted by atomic mass is 9.97. The predicted molar refractivity (Wildman–Crippen MR) is 58.0 cm³/mol. The molecule has 0 rings (SSSR count). The van der Waals surface area contributed by atoms with Crippen molar-refractivity contribution in [3.63, 3.8) is 0 Å². The summed E-state index contributed by atoms with van der Waals surface area (Å²) in [5.41, 5.74) is 0. The smallest absolute Gasteiger partial charge is 0.0546 e. The van der Waals surface area contributed by atoms with Crippen LogP contribution in [0.3, 0.4) is 0 Å². The van der Waals surface area contributed by atoms with E-state index in [0.29, 0.717) is 18.1 Å². The van der Waals surface area contributed by atoms with Gasteiger partial charge in [0.05, 0.1) is 6.10 Å². The first kappa shape index (κ1) is 12.9. The normalized spacial score (nSPS) is 18.2. The van der Waals surface area contributed by atoms with Gasteiger partial charge in [-0.3, -0.25) is 0 Å². The monoisotopic (exact) mass is 187 g/mol. The molecule has 0 saturated heterocycles. The lowest BCUT2D eigenvalue weighted by Crippen LogP contribution is -2.34. The summed E-state index contributed by atoms with van der Waals surface area (Å²) in [5.74, 6) is 0.682. The van der Waals surface area contributed by atoms with Crippen molar-refractivity contribution in [1.82, 2.24) is 5.32 Å². The molecule has 0 aromatic rings. The van der Waals surface area contributed by atoms with Gasteiger partial charge in [0.25, 0.3) is 0 Å². The molecule has 0 amide bonds. The van der Waals surface area contributed by atoms with Crippen LogP contribution in [0.5, 0.6) is 0 Å². The van der Waals surface area contributed by atoms with Crippen LogP contribution < -0.4 is 5.32 Å². The van der Waals surface area contributed by atoms with Crippen molar-refractivity contribution in [2.75, 3.05) is 13.7 Å². The third-order valence-corrected chi connectivity index (χ3v) is 2.68. The van der Waals surface area contributed by atoms with Gasteiger partial charge >= 0.3 is 0 Å². The van der Waals surface area contributed by atoms with Crippen LogP contribution in [0.25, 0.3) is 0 Å². The molecule has 0 aromatic heterocycles. The summed E-state index contributed by atoms with van der Waals surface area (Å²) in [5, 5.41) is 3.51. The van der Waals surface area contributed by atoms with Gasteiger partial charge in [-0.1, -0.05) is 13.8 Å². The molecule has 0 aliphatic rings. The maximum atomic E-state index is 5.25.